The Morgan fingerprint density at radius 3 is 2.16 bits per heavy atom. The first-order valence-corrected chi connectivity index (χ1v) is 6.69. The zero-order chi connectivity index (χ0) is 13.5. The molecule has 1 aromatic rings. The van der Waals surface area contributed by atoms with Crippen molar-refractivity contribution in [1.29, 1.82) is 0 Å². The van der Waals surface area contributed by atoms with Crippen LogP contribution in [0.2, 0.25) is 0 Å². The lowest BCUT2D eigenvalue weighted by atomic mass is 9.98. The lowest BCUT2D eigenvalue weighted by molar-refractivity contribution is -0.141. The monoisotopic (exact) mass is 271 g/mol. The average molecular weight is 271 g/mol. The minimum absolute atomic E-state index is 0.430. The zero-order valence-electron chi connectivity index (χ0n) is 10.5. The van der Waals surface area contributed by atoms with Crippen LogP contribution in [-0.2, 0) is 6.18 Å². The van der Waals surface area contributed by atoms with Crippen molar-refractivity contribution in [1.82, 2.24) is 10.2 Å². The highest BCUT2D eigenvalue weighted by molar-refractivity contribution is 5.33. The first kappa shape index (κ1) is 12.7. The maximum absolute atomic E-state index is 12.3. The maximum Gasteiger partial charge on any atom is 0.435 e. The van der Waals surface area contributed by atoms with Crippen LogP contribution < -0.4 is 5.32 Å². The van der Waals surface area contributed by atoms with E-state index in [-0.39, 0.29) is 0 Å². The van der Waals surface area contributed by atoms with Gasteiger partial charge in [0.1, 0.15) is 5.82 Å². The fraction of sp³-hybridized carbons (Fsp3) is 0.692. The highest BCUT2D eigenvalue weighted by atomic mass is 19.4. The van der Waals surface area contributed by atoms with Gasteiger partial charge < -0.3 is 5.32 Å². The highest BCUT2D eigenvalue weighted by Crippen LogP contribution is 2.49. The minimum atomic E-state index is -4.42. The molecule has 0 spiro atoms. The Labute approximate surface area is 109 Å². The van der Waals surface area contributed by atoms with Crippen LogP contribution >= 0.6 is 0 Å². The van der Waals surface area contributed by atoms with Gasteiger partial charge >= 0.3 is 6.18 Å². The second kappa shape index (κ2) is 4.65. The normalized spacial score (nSPS) is 19.8. The summed E-state index contributed by atoms with van der Waals surface area (Å²) in [5.41, 5.74) is -0.945. The molecular weight excluding hydrogens is 255 g/mol. The number of anilines is 1. The fourth-order valence-corrected chi connectivity index (χ4v) is 2.57. The van der Waals surface area contributed by atoms with Crippen molar-refractivity contribution < 1.29 is 13.2 Å². The Kier molecular flexibility index (Phi) is 3.11. The Morgan fingerprint density at radius 2 is 1.74 bits per heavy atom. The Hall–Kier alpha value is -1.33. The first-order valence-electron chi connectivity index (χ1n) is 6.69. The number of rotatable bonds is 5. The molecule has 0 amide bonds. The van der Waals surface area contributed by atoms with E-state index in [1.807, 2.05) is 0 Å². The fourth-order valence-electron chi connectivity index (χ4n) is 2.57. The van der Waals surface area contributed by atoms with Crippen LogP contribution in [0, 0.1) is 17.8 Å². The van der Waals surface area contributed by atoms with E-state index < -0.39 is 11.9 Å². The predicted molar refractivity (Wildman–Crippen MR) is 64.5 cm³/mol. The van der Waals surface area contributed by atoms with Gasteiger partial charge in [-0.15, -0.1) is 10.2 Å². The van der Waals surface area contributed by atoms with Crippen LogP contribution in [-0.4, -0.2) is 16.7 Å². The summed E-state index contributed by atoms with van der Waals surface area (Å²) in [6.45, 7) is 0.801. The van der Waals surface area contributed by atoms with Crippen molar-refractivity contribution in [2.45, 2.75) is 31.9 Å². The van der Waals surface area contributed by atoms with E-state index in [2.05, 4.69) is 15.5 Å². The number of halogens is 3. The quantitative estimate of drug-likeness (QED) is 0.892. The van der Waals surface area contributed by atoms with Crippen LogP contribution in [0.4, 0.5) is 19.0 Å². The number of hydrogen-bond acceptors (Lipinski definition) is 3. The van der Waals surface area contributed by atoms with Gasteiger partial charge in [-0.3, -0.25) is 0 Å². The topological polar surface area (TPSA) is 37.8 Å². The molecule has 0 saturated heterocycles. The number of nitrogens with one attached hydrogen (secondary N) is 1. The third kappa shape index (κ3) is 3.16. The van der Waals surface area contributed by atoms with E-state index in [1.165, 1.54) is 31.7 Å². The average Bonchev–Trinajstić information content (AvgIpc) is 3.23. The van der Waals surface area contributed by atoms with Crippen molar-refractivity contribution in [3.63, 3.8) is 0 Å². The van der Waals surface area contributed by atoms with Crippen molar-refractivity contribution >= 4 is 5.82 Å². The van der Waals surface area contributed by atoms with Crippen molar-refractivity contribution in [3.05, 3.63) is 17.8 Å². The highest BCUT2D eigenvalue weighted by Gasteiger charge is 2.41. The molecule has 3 rings (SSSR count). The molecule has 1 aromatic heterocycles. The van der Waals surface area contributed by atoms with Crippen molar-refractivity contribution in [3.8, 4) is 0 Å². The van der Waals surface area contributed by atoms with Gasteiger partial charge in [-0.25, -0.2) is 0 Å². The minimum Gasteiger partial charge on any atom is -0.368 e. The van der Waals surface area contributed by atoms with E-state index in [1.54, 1.807) is 0 Å². The molecule has 1 N–H and O–H groups in total. The molecule has 0 unspecified atom stereocenters. The molecule has 0 aromatic carbocycles. The number of nitrogens with zero attached hydrogens (tertiary/aromatic N) is 2. The number of hydrogen-bond donors (Lipinski definition) is 1. The number of alkyl halides is 3. The van der Waals surface area contributed by atoms with Crippen LogP contribution in [0.5, 0.6) is 0 Å². The standard InChI is InChI=1S/C13H16F3N3/c14-13(15,16)11-5-6-12(19-18-11)17-7-10(8-1-2-8)9-3-4-9/h5-6,8-10H,1-4,7H2,(H,17,19). The first-order chi connectivity index (χ1) is 9.04. The zero-order valence-corrected chi connectivity index (χ0v) is 10.5. The molecule has 3 nitrogen and oxygen atoms in total. The third-order valence-electron chi connectivity index (χ3n) is 3.93. The second-order valence-corrected chi connectivity index (χ2v) is 5.52. The van der Waals surface area contributed by atoms with E-state index in [9.17, 15) is 13.2 Å². The Bertz CT molecular complexity index is 423. The molecule has 0 bridgehead atoms. The summed E-state index contributed by atoms with van der Waals surface area (Å²) in [5, 5.41) is 9.93. The van der Waals surface area contributed by atoms with Gasteiger partial charge in [0.25, 0.3) is 0 Å². The van der Waals surface area contributed by atoms with Gasteiger partial charge in [0.15, 0.2) is 5.69 Å². The molecule has 104 valence electrons. The molecule has 2 aliphatic carbocycles. The lowest BCUT2D eigenvalue weighted by Crippen LogP contribution is -2.19. The van der Waals surface area contributed by atoms with Crippen LogP contribution in [0.25, 0.3) is 0 Å². The second-order valence-electron chi connectivity index (χ2n) is 5.52. The summed E-state index contributed by atoms with van der Waals surface area (Å²) in [6.07, 6.45) is 0.752. The van der Waals surface area contributed by atoms with Gasteiger partial charge in [-0.1, -0.05) is 0 Å². The third-order valence-corrected chi connectivity index (χ3v) is 3.93. The Morgan fingerprint density at radius 1 is 1.11 bits per heavy atom. The SMILES string of the molecule is FC(F)(F)c1ccc(NCC(C2CC2)C2CC2)nn1. The molecule has 1 heterocycles. The Balaban J connectivity index is 1.57. The van der Waals surface area contributed by atoms with Gasteiger partial charge in [-0.05, 0) is 55.6 Å². The molecule has 0 radical (unpaired) electrons. The van der Waals surface area contributed by atoms with Gasteiger partial charge in [-0.2, -0.15) is 13.2 Å². The summed E-state index contributed by atoms with van der Waals surface area (Å²) >= 11 is 0. The smallest absolute Gasteiger partial charge is 0.368 e. The summed E-state index contributed by atoms with van der Waals surface area (Å²) in [4.78, 5) is 0. The number of aromatic nitrogens is 2. The summed E-state index contributed by atoms with van der Waals surface area (Å²) in [7, 11) is 0. The summed E-state index contributed by atoms with van der Waals surface area (Å²) in [6, 6.07) is 2.32. The van der Waals surface area contributed by atoms with Crippen LogP contribution in [0.15, 0.2) is 12.1 Å². The van der Waals surface area contributed by atoms with E-state index in [0.717, 1.165) is 24.4 Å². The van der Waals surface area contributed by atoms with E-state index in [0.29, 0.717) is 11.7 Å². The lowest BCUT2D eigenvalue weighted by Gasteiger charge is -2.16. The van der Waals surface area contributed by atoms with Gasteiger partial charge in [0, 0.05) is 6.54 Å². The molecule has 0 atom stereocenters. The largest absolute Gasteiger partial charge is 0.435 e. The van der Waals surface area contributed by atoms with Crippen LogP contribution in [0.3, 0.4) is 0 Å². The van der Waals surface area contributed by atoms with Crippen LogP contribution in [0.1, 0.15) is 31.4 Å². The van der Waals surface area contributed by atoms with Gasteiger partial charge in [0.2, 0.25) is 0 Å². The predicted octanol–water partition coefficient (Wildman–Crippen LogP) is 3.34. The van der Waals surface area contributed by atoms with E-state index >= 15 is 0 Å². The molecule has 2 saturated carbocycles. The molecule has 19 heavy (non-hydrogen) atoms. The molecule has 0 aliphatic heterocycles. The van der Waals surface area contributed by atoms with Crippen molar-refractivity contribution in [2.24, 2.45) is 17.8 Å². The maximum atomic E-state index is 12.3. The molecular formula is C13H16F3N3. The summed E-state index contributed by atoms with van der Waals surface area (Å²) < 4.78 is 37.0. The molecule has 2 aliphatic rings. The molecule has 6 heteroatoms. The van der Waals surface area contributed by atoms with E-state index in [4.69, 9.17) is 0 Å². The molecule has 2 fully saturated rings. The van der Waals surface area contributed by atoms with Gasteiger partial charge in [0.05, 0.1) is 0 Å². The summed E-state index contributed by atoms with van der Waals surface area (Å²) in [5.74, 6) is 2.70. The van der Waals surface area contributed by atoms with Crippen molar-refractivity contribution in [2.75, 3.05) is 11.9 Å².